The average molecular weight is 856 g/mol. The largest absolute Gasteiger partial charge is 0.511 e. The van der Waals surface area contributed by atoms with Crippen molar-refractivity contribution in [1.82, 2.24) is 10.3 Å². The first-order chi connectivity index (χ1) is 27.9. The number of aromatic amines is 1. The smallest absolute Gasteiger partial charge is 0.346 e. The van der Waals surface area contributed by atoms with E-state index in [1.165, 1.54) is 6.07 Å². The molecule has 1 aromatic heterocycles. The van der Waals surface area contributed by atoms with Crippen molar-refractivity contribution >= 4 is 46.8 Å². The normalized spacial score (nSPS) is 41.1. The average Bonchev–Trinajstić information content (AvgIpc) is 3.65. The molecule has 6 aliphatic rings. The van der Waals surface area contributed by atoms with Crippen LogP contribution in [-0.2, 0) is 28.6 Å². The third kappa shape index (κ3) is 7.24. The zero-order valence-electron chi connectivity index (χ0n) is 34.4. The Balaban J connectivity index is 1.23. The van der Waals surface area contributed by atoms with Crippen LogP contribution in [0, 0.1) is 40.4 Å². The quantitative estimate of drug-likeness (QED) is 0.102. The lowest BCUT2D eigenvalue weighted by atomic mass is 9.51. The number of fused-ring (bicyclic) bond motifs is 4. The van der Waals surface area contributed by atoms with Gasteiger partial charge in [-0.25, -0.2) is 9.59 Å². The number of nitrogens with one attached hydrogen (secondary N) is 2. The molecule has 2 aliphatic heterocycles. The highest BCUT2D eigenvalue weighted by atomic mass is 35.5. The summed E-state index contributed by atoms with van der Waals surface area (Å²) in [7, 11) is 0. The molecule has 7 rings (SSSR count). The number of halogens is 2. The summed E-state index contributed by atoms with van der Waals surface area (Å²) < 4.78 is 19.4. The molecule has 1 saturated carbocycles. The number of aliphatic hydroxyl groups is 2. The number of carbonyl (C=O) groups excluding carboxylic acids is 3. The summed E-state index contributed by atoms with van der Waals surface area (Å²) in [5.41, 5.74) is -3.32. The van der Waals surface area contributed by atoms with E-state index in [-0.39, 0.29) is 69.3 Å². The SMILES string of the molecule is CC[C@H]1C[C@]23OC(=O)C(=C(O)[C@@]4(CC)[C@@H]5CC[C@H](C)[C@H](O[C@H]6C[C@@H](O)[C@H](NC(=O)c7[nH]c(Cl)cc7Cl)[C@@H](C)O6)[C@H]5C=C[C@H]4C/C=C/C/C(C)=C/[C@@]2(C)C=C1C(=O)O)C3=O. The van der Waals surface area contributed by atoms with Gasteiger partial charge in [-0.3, -0.25) is 9.59 Å². The highest BCUT2D eigenvalue weighted by Gasteiger charge is 2.67. The zero-order chi connectivity index (χ0) is 42.8. The molecule has 13 atom stereocenters. The second-order valence-corrected chi connectivity index (χ2v) is 18.6. The highest BCUT2D eigenvalue weighted by Crippen LogP contribution is 2.61. The van der Waals surface area contributed by atoms with Crippen LogP contribution in [0.5, 0.6) is 0 Å². The van der Waals surface area contributed by atoms with Crippen LogP contribution in [0.25, 0.3) is 0 Å². The number of aliphatic carboxylic acids is 1. The van der Waals surface area contributed by atoms with Crippen LogP contribution in [-0.4, -0.2) is 80.2 Å². The minimum absolute atomic E-state index is 0.0225. The van der Waals surface area contributed by atoms with Gasteiger partial charge in [0.05, 0.1) is 34.8 Å². The van der Waals surface area contributed by atoms with Crippen LogP contribution in [0.2, 0.25) is 10.2 Å². The van der Waals surface area contributed by atoms with Gasteiger partial charge in [0, 0.05) is 29.7 Å². The highest BCUT2D eigenvalue weighted by molar-refractivity contribution is 6.36. The Morgan fingerprint density at radius 1 is 1.10 bits per heavy atom. The molecular weight excluding hydrogens is 799 g/mol. The van der Waals surface area contributed by atoms with Crippen molar-refractivity contribution in [2.24, 2.45) is 40.4 Å². The number of aliphatic hydroxyl groups excluding tert-OH is 2. The van der Waals surface area contributed by atoms with Crippen molar-refractivity contribution in [3.63, 3.8) is 0 Å². The molecule has 3 fully saturated rings. The van der Waals surface area contributed by atoms with Gasteiger partial charge in [0.2, 0.25) is 5.78 Å². The molecule has 0 radical (unpaired) electrons. The molecule has 4 aliphatic carbocycles. The molecule has 5 N–H and O–H groups in total. The van der Waals surface area contributed by atoms with E-state index < -0.39 is 76.6 Å². The Kier molecular flexibility index (Phi) is 12.0. The van der Waals surface area contributed by atoms with Crippen molar-refractivity contribution in [3.05, 3.63) is 80.9 Å². The van der Waals surface area contributed by atoms with Gasteiger partial charge in [0.1, 0.15) is 22.2 Å². The molecule has 320 valence electrons. The van der Waals surface area contributed by atoms with Crippen LogP contribution in [0.4, 0.5) is 0 Å². The van der Waals surface area contributed by atoms with E-state index in [1.54, 1.807) is 19.9 Å². The van der Waals surface area contributed by atoms with Crippen molar-refractivity contribution in [1.29, 1.82) is 0 Å². The Labute approximate surface area is 355 Å². The van der Waals surface area contributed by atoms with Crippen molar-refractivity contribution in [3.8, 4) is 0 Å². The number of aromatic nitrogens is 1. The second kappa shape index (κ2) is 16.3. The number of amides is 1. The number of ether oxygens (including phenoxy) is 3. The predicted molar refractivity (Wildman–Crippen MR) is 220 cm³/mol. The summed E-state index contributed by atoms with van der Waals surface area (Å²) in [6.45, 7) is 11.4. The van der Waals surface area contributed by atoms with Crippen LogP contribution < -0.4 is 5.32 Å². The Bertz CT molecular complexity index is 2040. The lowest BCUT2D eigenvalue weighted by molar-refractivity contribution is -0.258. The Hall–Kier alpha value is -3.68. The molecule has 2 bridgehead atoms. The summed E-state index contributed by atoms with van der Waals surface area (Å²) in [6.07, 6.45) is 12.3. The first-order valence-electron chi connectivity index (χ1n) is 20.9. The third-order valence-electron chi connectivity index (χ3n) is 14.4. The summed E-state index contributed by atoms with van der Waals surface area (Å²) in [6, 6.07) is 0.664. The van der Waals surface area contributed by atoms with E-state index in [0.29, 0.717) is 32.1 Å². The number of allylic oxidation sites excluding steroid dienone is 5. The number of carbonyl (C=O) groups is 4. The Morgan fingerprint density at radius 2 is 1.85 bits per heavy atom. The number of esters is 1. The van der Waals surface area contributed by atoms with E-state index in [4.69, 9.17) is 37.4 Å². The minimum Gasteiger partial charge on any atom is -0.511 e. The van der Waals surface area contributed by atoms with Gasteiger partial charge in [-0.05, 0) is 89.0 Å². The fourth-order valence-electron chi connectivity index (χ4n) is 11.4. The maximum absolute atomic E-state index is 15.2. The molecule has 59 heavy (non-hydrogen) atoms. The van der Waals surface area contributed by atoms with E-state index >= 15 is 4.79 Å². The molecule has 1 amide bonds. The van der Waals surface area contributed by atoms with Gasteiger partial charge in [-0.1, -0.05) is 86.0 Å². The van der Waals surface area contributed by atoms with Crippen molar-refractivity contribution < 1.29 is 48.7 Å². The maximum Gasteiger partial charge on any atom is 0.346 e. The topological polar surface area (TPSA) is 184 Å². The molecule has 0 aromatic carbocycles. The summed E-state index contributed by atoms with van der Waals surface area (Å²) in [4.78, 5) is 57.7. The molecule has 14 heteroatoms. The monoisotopic (exact) mass is 854 g/mol. The first kappa shape index (κ1) is 43.4. The second-order valence-electron chi connectivity index (χ2n) is 17.8. The summed E-state index contributed by atoms with van der Waals surface area (Å²) >= 11 is 12.2. The lowest BCUT2D eigenvalue weighted by Gasteiger charge is -2.55. The van der Waals surface area contributed by atoms with Gasteiger partial charge < -0.3 is 39.8 Å². The molecule has 12 nitrogen and oxygen atoms in total. The molecule has 3 heterocycles. The number of carboxylic acid groups (broad SMARTS) is 1. The van der Waals surface area contributed by atoms with E-state index in [0.717, 1.165) is 12.0 Å². The number of H-pyrrole nitrogens is 1. The molecule has 1 spiro atoms. The molecule has 1 aromatic rings. The summed E-state index contributed by atoms with van der Waals surface area (Å²) in [5, 5.41) is 37.6. The van der Waals surface area contributed by atoms with Gasteiger partial charge >= 0.3 is 11.9 Å². The van der Waals surface area contributed by atoms with E-state index in [9.17, 15) is 29.7 Å². The number of Topliss-reactive ketones (excluding diaryl/α,β-unsaturated/α-hetero) is 1. The van der Waals surface area contributed by atoms with E-state index in [1.807, 2.05) is 26.8 Å². The molecular formula is C45H56Cl2N2O10. The number of hydrogen-bond donors (Lipinski definition) is 5. The number of hydrogen-bond acceptors (Lipinski definition) is 9. The minimum atomic E-state index is -1.75. The fraction of sp³-hybridized carbons (Fsp3) is 0.600. The first-order valence-corrected chi connectivity index (χ1v) is 21.7. The van der Waals surface area contributed by atoms with Gasteiger partial charge in [-0.2, -0.15) is 0 Å². The van der Waals surface area contributed by atoms with Crippen LogP contribution in [0.1, 0.15) is 103 Å². The van der Waals surface area contributed by atoms with E-state index in [2.05, 4.69) is 41.5 Å². The third-order valence-corrected chi connectivity index (χ3v) is 14.9. The molecule has 2 saturated heterocycles. The number of rotatable bonds is 7. The van der Waals surface area contributed by atoms with Crippen LogP contribution >= 0.6 is 23.2 Å². The summed E-state index contributed by atoms with van der Waals surface area (Å²) in [5.74, 6) is -4.71. The predicted octanol–water partition coefficient (Wildman–Crippen LogP) is 7.97. The number of ketones is 1. The van der Waals surface area contributed by atoms with Gasteiger partial charge in [-0.15, -0.1) is 0 Å². The zero-order valence-corrected chi connectivity index (χ0v) is 35.9. The van der Waals surface area contributed by atoms with Gasteiger partial charge in [0.25, 0.3) is 5.91 Å². The Morgan fingerprint density at radius 3 is 2.49 bits per heavy atom. The van der Waals surface area contributed by atoms with Crippen LogP contribution in [0.3, 0.4) is 0 Å². The number of carboxylic acids is 1. The van der Waals surface area contributed by atoms with Crippen LogP contribution in [0.15, 0.2) is 65.0 Å². The fourth-order valence-corrected chi connectivity index (χ4v) is 11.9. The maximum atomic E-state index is 15.2. The molecule has 0 unspecified atom stereocenters. The standard InChI is InChI=1S/C45H56Cl2N2O10/c1-7-25-20-45-39(52)34(42(56)59-45)38(51)44(8-2)26(12-10-9-11-22(3)19-43(45,6)21-28(25)41(54)55)14-15-27-29(44)16-13-23(4)37(27)58-33-18-31(50)35(24(5)57-33)49-40(53)36-30(46)17-32(47)48-36/h9-10,14-15,17,19,21,23-27,29,31,33,35,37,48,50-51H,7-8,11-13,16,18,20H2,1-6H3,(H,49,53)(H,54,55)/b10-9+,22-19+,38-34?/t23-,24+,25-,26+,27-,29+,31+,33-,35+,37-,43-,44+,45+/m0/s1. The lowest BCUT2D eigenvalue weighted by Crippen LogP contribution is -2.58. The van der Waals surface area contributed by atoms with Gasteiger partial charge in [0.15, 0.2) is 11.9 Å². The van der Waals surface area contributed by atoms with Crippen molar-refractivity contribution in [2.75, 3.05) is 0 Å². The van der Waals surface area contributed by atoms with Crippen molar-refractivity contribution in [2.45, 2.75) is 129 Å².